The predicted molar refractivity (Wildman–Crippen MR) is 83.2 cm³/mol. The Morgan fingerprint density at radius 1 is 1.10 bits per heavy atom. The van der Waals surface area contributed by atoms with Crippen molar-refractivity contribution in [2.75, 3.05) is 45.9 Å². The highest BCUT2D eigenvalue weighted by Gasteiger charge is 2.38. The summed E-state index contributed by atoms with van der Waals surface area (Å²) in [4.78, 5) is 2.34. The molecule has 0 saturated carbocycles. The van der Waals surface area contributed by atoms with Crippen LogP contribution < -0.4 is 0 Å². The van der Waals surface area contributed by atoms with Crippen LogP contribution in [0.5, 0.6) is 0 Å². The van der Waals surface area contributed by atoms with Gasteiger partial charge in [-0.2, -0.15) is 17.0 Å². The highest BCUT2D eigenvalue weighted by atomic mass is 32.2. The van der Waals surface area contributed by atoms with E-state index >= 15 is 0 Å². The molecule has 0 aromatic carbocycles. The van der Waals surface area contributed by atoms with Crippen molar-refractivity contribution in [3.8, 4) is 0 Å². The third-order valence-electron chi connectivity index (χ3n) is 4.85. The van der Waals surface area contributed by atoms with E-state index in [9.17, 15) is 13.5 Å². The van der Waals surface area contributed by atoms with Gasteiger partial charge in [0.1, 0.15) is 0 Å². The fourth-order valence-corrected chi connectivity index (χ4v) is 5.29. The SMILES string of the molecule is CCN(CC)C1CCN(S(=O)(=O)N2CCCC(CO)C2)C1. The molecule has 2 aliphatic rings. The van der Waals surface area contributed by atoms with Crippen molar-refractivity contribution >= 4 is 10.2 Å². The second-order valence-corrected chi connectivity index (χ2v) is 8.01. The summed E-state index contributed by atoms with van der Waals surface area (Å²) in [5.41, 5.74) is 0. The zero-order valence-corrected chi connectivity index (χ0v) is 14.1. The van der Waals surface area contributed by atoms with Crippen molar-refractivity contribution < 1.29 is 13.5 Å². The number of hydrogen-bond donors (Lipinski definition) is 1. The molecule has 1 N–H and O–H groups in total. The molecule has 2 unspecified atom stereocenters. The van der Waals surface area contributed by atoms with Crippen LogP contribution in [0.2, 0.25) is 0 Å². The van der Waals surface area contributed by atoms with Gasteiger partial charge in [0.25, 0.3) is 10.2 Å². The molecule has 2 rings (SSSR count). The van der Waals surface area contributed by atoms with Crippen molar-refractivity contribution in [1.82, 2.24) is 13.5 Å². The minimum absolute atomic E-state index is 0.0775. The Morgan fingerprint density at radius 2 is 1.76 bits per heavy atom. The molecule has 0 aromatic heterocycles. The molecule has 2 atom stereocenters. The van der Waals surface area contributed by atoms with E-state index in [1.54, 1.807) is 8.61 Å². The number of piperidine rings is 1. The molecular weight excluding hydrogens is 290 g/mol. The summed E-state index contributed by atoms with van der Waals surface area (Å²) in [6.07, 6.45) is 2.68. The molecule has 2 heterocycles. The molecule has 0 amide bonds. The summed E-state index contributed by atoms with van der Waals surface area (Å²) in [5.74, 6) is 0.0923. The van der Waals surface area contributed by atoms with Crippen LogP contribution in [0.4, 0.5) is 0 Å². The van der Waals surface area contributed by atoms with Crippen LogP contribution in [-0.2, 0) is 10.2 Å². The highest BCUT2D eigenvalue weighted by Crippen LogP contribution is 2.25. The molecule has 6 nitrogen and oxygen atoms in total. The van der Waals surface area contributed by atoms with Gasteiger partial charge in [-0.05, 0) is 38.3 Å². The first-order valence-corrected chi connectivity index (χ1v) is 9.52. The lowest BCUT2D eigenvalue weighted by Crippen LogP contribution is -2.48. The number of hydrogen-bond acceptors (Lipinski definition) is 4. The minimum Gasteiger partial charge on any atom is -0.396 e. The molecule has 0 aliphatic carbocycles. The van der Waals surface area contributed by atoms with Gasteiger partial charge in [0.05, 0.1) is 0 Å². The normalized spacial score (nSPS) is 29.3. The monoisotopic (exact) mass is 319 g/mol. The third-order valence-corrected chi connectivity index (χ3v) is 6.82. The van der Waals surface area contributed by atoms with Gasteiger partial charge in [-0.3, -0.25) is 4.90 Å². The van der Waals surface area contributed by atoms with E-state index in [-0.39, 0.29) is 12.5 Å². The summed E-state index contributed by atoms with van der Waals surface area (Å²) in [5, 5.41) is 9.28. The smallest absolute Gasteiger partial charge is 0.282 e. The molecule has 2 saturated heterocycles. The number of rotatable bonds is 6. The van der Waals surface area contributed by atoms with Crippen molar-refractivity contribution in [2.24, 2.45) is 5.92 Å². The second-order valence-electron chi connectivity index (χ2n) is 6.08. The Morgan fingerprint density at radius 3 is 2.38 bits per heavy atom. The van der Waals surface area contributed by atoms with Crippen LogP contribution in [0.1, 0.15) is 33.1 Å². The maximum atomic E-state index is 12.7. The van der Waals surface area contributed by atoms with Gasteiger partial charge in [-0.25, -0.2) is 0 Å². The molecule has 0 spiro atoms. The number of nitrogens with zero attached hydrogens (tertiary/aromatic N) is 3. The molecular formula is C14H29N3O3S. The summed E-state index contributed by atoms with van der Waals surface area (Å²) in [7, 11) is -3.36. The second kappa shape index (κ2) is 7.37. The Hall–Kier alpha value is -0.210. The largest absolute Gasteiger partial charge is 0.396 e. The molecule has 2 fully saturated rings. The first-order valence-electron chi connectivity index (χ1n) is 8.13. The summed E-state index contributed by atoms with van der Waals surface area (Å²) in [6.45, 7) is 8.52. The van der Waals surface area contributed by atoms with Crippen molar-refractivity contribution in [3.05, 3.63) is 0 Å². The zero-order chi connectivity index (χ0) is 15.5. The maximum Gasteiger partial charge on any atom is 0.282 e. The number of likely N-dealkylation sites (N-methyl/N-ethyl adjacent to an activating group) is 1. The predicted octanol–water partition coefficient (Wildman–Crippen LogP) is 0.352. The number of aliphatic hydroxyl groups excluding tert-OH is 1. The van der Waals surface area contributed by atoms with E-state index in [2.05, 4.69) is 18.7 Å². The van der Waals surface area contributed by atoms with Crippen LogP contribution in [0, 0.1) is 5.92 Å². The third kappa shape index (κ3) is 3.76. The Labute approximate surface area is 128 Å². The van der Waals surface area contributed by atoms with Gasteiger partial charge in [0.15, 0.2) is 0 Å². The van der Waals surface area contributed by atoms with Crippen LogP contribution in [0.3, 0.4) is 0 Å². The van der Waals surface area contributed by atoms with Crippen LogP contribution in [0.25, 0.3) is 0 Å². The van der Waals surface area contributed by atoms with Crippen molar-refractivity contribution in [3.63, 3.8) is 0 Å². The maximum absolute atomic E-state index is 12.7. The van der Waals surface area contributed by atoms with Crippen molar-refractivity contribution in [2.45, 2.75) is 39.2 Å². The van der Waals surface area contributed by atoms with Crippen LogP contribution in [-0.4, -0.2) is 79.0 Å². The molecule has 0 radical (unpaired) electrons. The van der Waals surface area contributed by atoms with E-state index in [1.807, 2.05) is 0 Å². The Bertz CT molecular complexity index is 425. The standard InChI is InChI=1S/C14H29N3O3S/c1-3-15(4-2)14-7-9-17(11-14)21(19,20)16-8-5-6-13(10-16)12-18/h13-14,18H,3-12H2,1-2H3. The van der Waals surface area contributed by atoms with Gasteiger partial charge in [0.2, 0.25) is 0 Å². The molecule has 7 heteroatoms. The number of aliphatic hydroxyl groups is 1. The first kappa shape index (κ1) is 17.1. The Balaban J connectivity index is 2.00. The van der Waals surface area contributed by atoms with E-state index < -0.39 is 10.2 Å². The van der Waals surface area contributed by atoms with Gasteiger partial charge in [-0.15, -0.1) is 0 Å². The van der Waals surface area contributed by atoms with Gasteiger partial charge < -0.3 is 5.11 Å². The van der Waals surface area contributed by atoms with E-state index in [0.29, 0.717) is 32.2 Å². The first-order chi connectivity index (χ1) is 10.0. The average Bonchev–Trinajstić information content (AvgIpc) is 2.99. The summed E-state index contributed by atoms with van der Waals surface area (Å²) >= 11 is 0. The van der Waals surface area contributed by atoms with E-state index in [0.717, 1.165) is 32.4 Å². The Kier molecular flexibility index (Phi) is 6.02. The van der Waals surface area contributed by atoms with Gasteiger partial charge >= 0.3 is 0 Å². The van der Waals surface area contributed by atoms with Crippen LogP contribution in [0.15, 0.2) is 0 Å². The van der Waals surface area contributed by atoms with Gasteiger partial charge in [0, 0.05) is 38.8 Å². The van der Waals surface area contributed by atoms with E-state index in [1.165, 1.54) is 0 Å². The topological polar surface area (TPSA) is 64.1 Å². The summed E-state index contributed by atoms with van der Waals surface area (Å²) in [6, 6.07) is 0.341. The van der Waals surface area contributed by atoms with Crippen molar-refractivity contribution in [1.29, 1.82) is 0 Å². The molecule has 0 bridgehead atoms. The molecule has 0 aromatic rings. The minimum atomic E-state index is -3.36. The lowest BCUT2D eigenvalue weighted by Gasteiger charge is -2.34. The zero-order valence-electron chi connectivity index (χ0n) is 13.2. The molecule has 21 heavy (non-hydrogen) atoms. The fraction of sp³-hybridized carbons (Fsp3) is 1.00. The van der Waals surface area contributed by atoms with Crippen LogP contribution >= 0.6 is 0 Å². The van der Waals surface area contributed by atoms with E-state index in [4.69, 9.17) is 0 Å². The molecule has 2 aliphatic heterocycles. The molecule has 124 valence electrons. The highest BCUT2D eigenvalue weighted by molar-refractivity contribution is 7.86. The fourth-order valence-electron chi connectivity index (χ4n) is 3.51. The quantitative estimate of drug-likeness (QED) is 0.767. The lowest BCUT2D eigenvalue weighted by molar-refractivity contribution is 0.161. The lowest BCUT2D eigenvalue weighted by atomic mass is 10.0. The summed E-state index contributed by atoms with van der Waals surface area (Å²) < 4.78 is 28.7. The average molecular weight is 319 g/mol. The van der Waals surface area contributed by atoms with Gasteiger partial charge in [-0.1, -0.05) is 13.8 Å².